The molecule has 0 saturated carbocycles. The van der Waals surface area contributed by atoms with Crippen molar-refractivity contribution >= 4 is 28.9 Å². The van der Waals surface area contributed by atoms with Gasteiger partial charge in [-0.05, 0) is 48.6 Å². The van der Waals surface area contributed by atoms with Crippen molar-refractivity contribution in [1.82, 2.24) is 5.32 Å². The first kappa shape index (κ1) is 18.3. The van der Waals surface area contributed by atoms with E-state index in [0.717, 1.165) is 0 Å². The minimum Gasteiger partial charge on any atom is -0.508 e. The lowest BCUT2D eigenvalue weighted by Crippen LogP contribution is -2.34. The van der Waals surface area contributed by atoms with Crippen LogP contribution in [0, 0.1) is 0 Å². The molecule has 0 bridgehead atoms. The summed E-state index contributed by atoms with van der Waals surface area (Å²) in [6.45, 7) is 0. The quantitative estimate of drug-likeness (QED) is 0.556. The van der Waals surface area contributed by atoms with Crippen LogP contribution in [0.1, 0.15) is 10.4 Å². The Hall–Kier alpha value is -3.00. The summed E-state index contributed by atoms with van der Waals surface area (Å²) >= 11 is 5.12. The van der Waals surface area contributed by atoms with E-state index >= 15 is 0 Å². The third-order valence-corrected chi connectivity index (χ3v) is 3.48. The molecular weight excluding hydrogens is 344 g/mol. The molecule has 0 aliphatic heterocycles. The molecule has 2 aromatic rings. The van der Waals surface area contributed by atoms with Crippen LogP contribution >= 0.6 is 12.2 Å². The molecule has 7 nitrogen and oxygen atoms in total. The van der Waals surface area contributed by atoms with Crippen molar-refractivity contribution in [3.8, 4) is 23.0 Å². The van der Waals surface area contributed by atoms with Gasteiger partial charge in [-0.2, -0.15) is 0 Å². The van der Waals surface area contributed by atoms with Gasteiger partial charge in [-0.3, -0.25) is 10.1 Å². The highest BCUT2D eigenvalue weighted by Crippen LogP contribution is 2.38. The topological polar surface area (TPSA) is 89.1 Å². The average molecular weight is 362 g/mol. The van der Waals surface area contributed by atoms with Crippen LogP contribution in [0.5, 0.6) is 23.0 Å². The van der Waals surface area contributed by atoms with Crippen LogP contribution in [-0.4, -0.2) is 37.5 Å². The summed E-state index contributed by atoms with van der Waals surface area (Å²) in [7, 11) is 4.42. The molecule has 1 amide bonds. The first-order valence-electron chi connectivity index (χ1n) is 7.20. The number of benzene rings is 2. The minimum absolute atomic E-state index is 0.115. The van der Waals surface area contributed by atoms with Crippen LogP contribution < -0.4 is 24.8 Å². The minimum atomic E-state index is -0.435. The summed E-state index contributed by atoms with van der Waals surface area (Å²) in [5.74, 6) is 0.827. The van der Waals surface area contributed by atoms with E-state index in [1.165, 1.54) is 45.6 Å². The molecule has 0 unspecified atom stereocenters. The number of aromatic hydroxyl groups is 1. The van der Waals surface area contributed by atoms with E-state index in [1.54, 1.807) is 12.1 Å². The number of ether oxygens (including phenoxy) is 3. The predicted octanol–water partition coefficient (Wildman–Crippen LogP) is 2.54. The Morgan fingerprint density at radius 1 is 1.00 bits per heavy atom. The van der Waals surface area contributed by atoms with Crippen LogP contribution in [0.25, 0.3) is 0 Å². The van der Waals surface area contributed by atoms with Gasteiger partial charge >= 0.3 is 0 Å². The van der Waals surface area contributed by atoms with Gasteiger partial charge < -0.3 is 24.6 Å². The number of amides is 1. The number of phenols is 1. The van der Waals surface area contributed by atoms with Gasteiger partial charge in [-0.1, -0.05) is 0 Å². The normalized spacial score (nSPS) is 9.88. The second-order valence-corrected chi connectivity index (χ2v) is 5.28. The van der Waals surface area contributed by atoms with Crippen LogP contribution in [0.3, 0.4) is 0 Å². The van der Waals surface area contributed by atoms with E-state index in [0.29, 0.717) is 28.5 Å². The van der Waals surface area contributed by atoms with Gasteiger partial charge in [-0.15, -0.1) is 0 Å². The van der Waals surface area contributed by atoms with Crippen LogP contribution in [0.2, 0.25) is 0 Å². The lowest BCUT2D eigenvalue weighted by Gasteiger charge is -2.14. The fourth-order valence-corrected chi connectivity index (χ4v) is 2.31. The molecule has 0 aliphatic carbocycles. The Morgan fingerprint density at radius 3 is 2.04 bits per heavy atom. The third kappa shape index (κ3) is 4.51. The summed E-state index contributed by atoms with van der Waals surface area (Å²) in [5.41, 5.74) is 0.928. The first-order chi connectivity index (χ1) is 12.0. The van der Waals surface area contributed by atoms with Crippen LogP contribution in [-0.2, 0) is 0 Å². The second kappa shape index (κ2) is 8.20. The molecule has 0 fully saturated rings. The molecule has 2 aromatic carbocycles. The molecule has 0 radical (unpaired) electrons. The fourth-order valence-electron chi connectivity index (χ4n) is 2.09. The Kier molecular flexibility index (Phi) is 6.02. The molecule has 0 saturated heterocycles. The predicted molar refractivity (Wildman–Crippen MR) is 97.9 cm³/mol. The van der Waals surface area contributed by atoms with E-state index in [-0.39, 0.29) is 10.9 Å². The van der Waals surface area contributed by atoms with Crippen molar-refractivity contribution in [2.45, 2.75) is 0 Å². The summed E-state index contributed by atoms with van der Waals surface area (Å²) in [6, 6.07) is 9.33. The van der Waals surface area contributed by atoms with Gasteiger partial charge in [0.05, 0.1) is 21.3 Å². The number of phenolic OH excluding ortho intramolecular Hbond substituents is 1. The molecule has 132 valence electrons. The number of hydrogen-bond acceptors (Lipinski definition) is 6. The van der Waals surface area contributed by atoms with Crippen molar-refractivity contribution < 1.29 is 24.1 Å². The SMILES string of the molecule is COc1cc(C(=O)NC(=S)Nc2ccc(O)cc2)cc(OC)c1OC. The molecule has 0 heterocycles. The highest BCUT2D eigenvalue weighted by Gasteiger charge is 2.17. The van der Waals surface area contributed by atoms with Crippen LogP contribution in [0.15, 0.2) is 36.4 Å². The average Bonchev–Trinajstić information content (AvgIpc) is 2.62. The number of methoxy groups -OCH3 is 3. The Morgan fingerprint density at radius 2 is 1.56 bits per heavy atom. The Balaban J connectivity index is 2.14. The Labute approximate surface area is 150 Å². The van der Waals surface area contributed by atoms with Gasteiger partial charge in [0.25, 0.3) is 5.91 Å². The van der Waals surface area contributed by atoms with E-state index in [4.69, 9.17) is 26.4 Å². The van der Waals surface area contributed by atoms with Crippen LogP contribution in [0.4, 0.5) is 5.69 Å². The van der Waals surface area contributed by atoms with Crippen molar-refractivity contribution in [3.63, 3.8) is 0 Å². The number of anilines is 1. The zero-order chi connectivity index (χ0) is 18.4. The number of nitrogens with one attached hydrogen (secondary N) is 2. The lowest BCUT2D eigenvalue weighted by molar-refractivity contribution is 0.0977. The molecule has 2 rings (SSSR count). The summed E-state index contributed by atoms with van der Waals surface area (Å²) in [5, 5.41) is 14.8. The standard InChI is InChI=1S/C17H18N2O5S/c1-22-13-8-10(9-14(23-2)15(13)24-3)16(21)19-17(25)18-11-4-6-12(20)7-5-11/h4-9,20H,1-3H3,(H2,18,19,21,25). The lowest BCUT2D eigenvalue weighted by atomic mass is 10.1. The molecule has 25 heavy (non-hydrogen) atoms. The van der Waals surface area contributed by atoms with Crippen molar-refractivity contribution in [2.75, 3.05) is 26.6 Å². The molecular formula is C17H18N2O5S. The maximum Gasteiger partial charge on any atom is 0.257 e. The van der Waals surface area contributed by atoms with E-state index in [2.05, 4.69) is 10.6 Å². The molecule has 3 N–H and O–H groups in total. The van der Waals surface area contributed by atoms with Gasteiger partial charge in [0.1, 0.15) is 5.75 Å². The van der Waals surface area contributed by atoms with Gasteiger partial charge in [0.2, 0.25) is 5.75 Å². The smallest absolute Gasteiger partial charge is 0.257 e. The fraction of sp³-hybridized carbons (Fsp3) is 0.176. The number of thiocarbonyl (C=S) groups is 1. The molecule has 0 atom stereocenters. The molecule has 0 aromatic heterocycles. The van der Waals surface area contributed by atoms with Crippen molar-refractivity contribution in [3.05, 3.63) is 42.0 Å². The van der Waals surface area contributed by atoms with Gasteiger partial charge in [0, 0.05) is 11.3 Å². The van der Waals surface area contributed by atoms with Crippen molar-refractivity contribution in [1.29, 1.82) is 0 Å². The van der Waals surface area contributed by atoms with Gasteiger partial charge in [-0.25, -0.2) is 0 Å². The largest absolute Gasteiger partial charge is 0.508 e. The second-order valence-electron chi connectivity index (χ2n) is 4.87. The van der Waals surface area contributed by atoms with E-state index < -0.39 is 5.91 Å². The maximum absolute atomic E-state index is 12.4. The first-order valence-corrected chi connectivity index (χ1v) is 7.60. The summed E-state index contributed by atoms with van der Waals surface area (Å²) in [6.07, 6.45) is 0. The monoisotopic (exact) mass is 362 g/mol. The zero-order valence-corrected chi connectivity index (χ0v) is 14.8. The maximum atomic E-state index is 12.4. The van der Waals surface area contributed by atoms with Gasteiger partial charge in [0.15, 0.2) is 16.6 Å². The van der Waals surface area contributed by atoms with Crippen molar-refractivity contribution in [2.24, 2.45) is 0 Å². The molecule has 0 spiro atoms. The number of carbonyl (C=O) groups excluding carboxylic acids is 1. The van der Waals surface area contributed by atoms with E-state index in [1.807, 2.05) is 0 Å². The third-order valence-electron chi connectivity index (χ3n) is 3.28. The molecule has 0 aliphatic rings. The summed E-state index contributed by atoms with van der Waals surface area (Å²) in [4.78, 5) is 12.4. The number of carbonyl (C=O) groups is 1. The van der Waals surface area contributed by atoms with E-state index in [9.17, 15) is 9.90 Å². The Bertz CT molecular complexity index is 752. The highest BCUT2D eigenvalue weighted by atomic mass is 32.1. The molecule has 8 heteroatoms. The highest BCUT2D eigenvalue weighted by molar-refractivity contribution is 7.80. The number of hydrogen-bond donors (Lipinski definition) is 3. The zero-order valence-electron chi connectivity index (χ0n) is 14.0. The summed E-state index contributed by atoms with van der Waals surface area (Å²) < 4.78 is 15.7. The number of rotatable bonds is 5.